The minimum Gasteiger partial charge on any atom is -0.481 e. The van der Waals surface area contributed by atoms with Gasteiger partial charge in [0.15, 0.2) is 0 Å². The fraction of sp³-hybridized carbons (Fsp3) is 0.412. The number of likely N-dealkylation sites (tertiary alicyclic amines) is 1. The highest BCUT2D eigenvalue weighted by atomic mass is 16.5. The second kappa shape index (κ2) is 6.68. The highest BCUT2D eigenvalue weighted by Crippen LogP contribution is 2.21. The van der Waals surface area contributed by atoms with Gasteiger partial charge in [0, 0.05) is 31.0 Å². The van der Waals surface area contributed by atoms with Crippen molar-refractivity contribution in [1.82, 2.24) is 14.9 Å². The van der Waals surface area contributed by atoms with Gasteiger partial charge in [-0.1, -0.05) is 12.1 Å². The van der Waals surface area contributed by atoms with Crippen molar-refractivity contribution < 1.29 is 4.74 Å². The largest absolute Gasteiger partial charge is 0.481 e. The Morgan fingerprint density at radius 3 is 2.90 bits per heavy atom. The van der Waals surface area contributed by atoms with Crippen molar-refractivity contribution in [2.75, 3.05) is 20.2 Å². The quantitative estimate of drug-likeness (QED) is 0.845. The Morgan fingerprint density at radius 2 is 2.10 bits per heavy atom. The number of rotatable bonds is 5. The number of nitrogens with zero attached hydrogens (tertiary/aromatic N) is 3. The molecule has 110 valence electrons. The molecule has 3 heterocycles. The molecule has 0 aliphatic carbocycles. The fourth-order valence-corrected chi connectivity index (χ4v) is 2.93. The molecule has 21 heavy (non-hydrogen) atoms. The molecule has 3 rings (SSSR count). The second-order valence-electron chi connectivity index (χ2n) is 5.59. The Balaban J connectivity index is 1.54. The van der Waals surface area contributed by atoms with Gasteiger partial charge in [0.2, 0.25) is 5.88 Å². The summed E-state index contributed by atoms with van der Waals surface area (Å²) in [7, 11) is 1.66. The molecule has 0 radical (unpaired) electrons. The number of ether oxygens (including phenoxy) is 1. The van der Waals surface area contributed by atoms with Crippen molar-refractivity contribution >= 4 is 0 Å². The molecule has 1 atom stereocenters. The Hall–Kier alpha value is -1.94. The van der Waals surface area contributed by atoms with E-state index in [0.717, 1.165) is 31.7 Å². The van der Waals surface area contributed by atoms with Crippen LogP contribution in [-0.2, 0) is 13.0 Å². The minimum absolute atomic E-state index is 0.691. The van der Waals surface area contributed by atoms with Gasteiger partial charge in [0.25, 0.3) is 0 Å². The molecule has 1 saturated heterocycles. The van der Waals surface area contributed by atoms with Crippen molar-refractivity contribution in [3.8, 4) is 5.88 Å². The van der Waals surface area contributed by atoms with Gasteiger partial charge in [0.1, 0.15) is 0 Å². The summed E-state index contributed by atoms with van der Waals surface area (Å²) in [4.78, 5) is 11.4. The summed E-state index contributed by atoms with van der Waals surface area (Å²) in [5, 5.41) is 0. The maximum absolute atomic E-state index is 5.18. The SMILES string of the molecule is COc1cccc(CN2CCC(Cc3ccccn3)C2)n1. The van der Waals surface area contributed by atoms with Gasteiger partial charge >= 0.3 is 0 Å². The summed E-state index contributed by atoms with van der Waals surface area (Å²) in [6.45, 7) is 3.15. The van der Waals surface area contributed by atoms with Crippen LogP contribution in [0.15, 0.2) is 42.6 Å². The van der Waals surface area contributed by atoms with Crippen molar-refractivity contribution in [2.45, 2.75) is 19.4 Å². The van der Waals surface area contributed by atoms with Crippen LogP contribution in [0.25, 0.3) is 0 Å². The standard InChI is InChI=1S/C17H21N3O/c1-21-17-7-4-6-16(19-17)13-20-10-8-14(12-20)11-15-5-2-3-9-18-15/h2-7,9,14H,8,10-13H2,1H3. The normalized spacial score (nSPS) is 18.8. The first-order chi connectivity index (χ1) is 10.3. The first-order valence-corrected chi connectivity index (χ1v) is 7.45. The molecule has 0 N–H and O–H groups in total. The van der Waals surface area contributed by atoms with Crippen molar-refractivity contribution in [3.05, 3.63) is 54.0 Å². The third-order valence-corrected chi connectivity index (χ3v) is 3.97. The number of pyridine rings is 2. The van der Waals surface area contributed by atoms with Gasteiger partial charge in [-0.05, 0) is 43.5 Å². The lowest BCUT2D eigenvalue weighted by molar-refractivity contribution is 0.309. The summed E-state index contributed by atoms with van der Waals surface area (Å²) >= 11 is 0. The Labute approximate surface area is 125 Å². The first kappa shape index (κ1) is 14.0. The van der Waals surface area contributed by atoms with Gasteiger partial charge in [0.05, 0.1) is 12.8 Å². The number of hydrogen-bond donors (Lipinski definition) is 0. The molecule has 1 fully saturated rings. The van der Waals surface area contributed by atoms with Crippen LogP contribution in [0.4, 0.5) is 0 Å². The van der Waals surface area contributed by atoms with Gasteiger partial charge in [-0.15, -0.1) is 0 Å². The summed E-state index contributed by atoms with van der Waals surface area (Å²) in [5.74, 6) is 1.39. The van der Waals surface area contributed by atoms with Crippen LogP contribution in [0, 0.1) is 5.92 Å². The summed E-state index contributed by atoms with van der Waals surface area (Å²) in [5.41, 5.74) is 2.27. The molecule has 0 amide bonds. The summed E-state index contributed by atoms with van der Waals surface area (Å²) in [6, 6.07) is 12.1. The van der Waals surface area contributed by atoms with Crippen LogP contribution < -0.4 is 4.74 Å². The lowest BCUT2D eigenvalue weighted by atomic mass is 10.0. The van der Waals surface area contributed by atoms with Gasteiger partial charge in [-0.2, -0.15) is 0 Å². The van der Waals surface area contributed by atoms with E-state index < -0.39 is 0 Å². The molecule has 1 unspecified atom stereocenters. The van der Waals surface area contributed by atoms with Crippen LogP contribution in [0.1, 0.15) is 17.8 Å². The van der Waals surface area contributed by atoms with Gasteiger partial charge in [-0.25, -0.2) is 4.98 Å². The van der Waals surface area contributed by atoms with Gasteiger partial charge in [-0.3, -0.25) is 9.88 Å². The molecule has 0 spiro atoms. The zero-order chi connectivity index (χ0) is 14.5. The van der Waals surface area contributed by atoms with Crippen LogP contribution >= 0.6 is 0 Å². The molecule has 0 bridgehead atoms. The zero-order valence-corrected chi connectivity index (χ0v) is 12.4. The number of methoxy groups -OCH3 is 1. The number of aromatic nitrogens is 2. The molecular weight excluding hydrogens is 262 g/mol. The predicted octanol–water partition coefficient (Wildman–Crippen LogP) is 2.55. The van der Waals surface area contributed by atoms with Crippen molar-refractivity contribution in [1.29, 1.82) is 0 Å². The summed E-state index contributed by atoms with van der Waals surface area (Å²) in [6.07, 6.45) is 4.19. The fourth-order valence-electron chi connectivity index (χ4n) is 2.93. The van der Waals surface area contributed by atoms with E-state index >= 15 is 0 Å². The van der Waals surface area contributed by atoms with Crippen LogP contribution in [0.3, 0.4) is 0 Å². The Kier molecular flexibility index (Phi) is 4.46. The molecule has 0 saturated carbocycles. The van der Waals surface area contributed by atoms with Gasteiger partial charge < -0.3 is 4.74 Å². The maximum Gasteiger partial charge on any atom is 0.213 e. The molecule has 1 aliphatic heterocycles. The minimum atomic E-state index is 0.691. The van der Waals surface area contributed by atoms with Crippen LogP contribution in [-0.4, -0.2) is 35.1 Å². The predicted molar refractivity (Wildman–Crippen MR) is 82.1 cm³/mol. The molecule has 2 aromatic rings. The summed E-state index contributed by atoms with van der Waals surface area (Å²) < 4.78 is 5.18. The number of hydrogen-bond acceptors (Lipinski definition) is 4. The molecule has 0 aromatic carbocycles. The second-order valence-corrected chi connectivity index (χ2v) is 5.59. The molecular formula is C17H21N3O. The zero-order valence-electron chi connectivity index (χ0n) is 12.4. The van der Waals surface area contributed by atoms with E-state index in [1.165, 1.54) is 12.1 Å². The van der Waals surface area contributed by atoms with E-state index in [1.54, 1.807) is 7.11 Å². The average molecular weight is 283 g/mol. The van der Waals surface area contributed by atoms with E-state index in [2.05, 4.69) is 33.1 Å². The van der Waals surface area contributed by atoms with E-state index in [4.69, 9.17) is 4.74 Å². The van der Waals surface area contributed by atoms with E-state index in [0.29, 0.717) is 11.8 Å². The van der Waals surface area contributed by atoms with Crippen molar-refractivity contribution in [3.63, 3.8) is 0 Å². The third kappa shape index (κ3) is 3.79. The van der Waals surface area contributed by atoms with Crippen molar-refractivity contribution in [2.24, 2.45) is 5.92 Å². The topological polar surface area (TPSA) is 38.2 Å². The maximum atomic E-state index is 5.18. The van der Waals surface area contributed by atoms with E-state index in [9.17, 15) is 0 Å². The Morgan fingerprint density at radius 1 is 1.19 bits per heavy atom. The molecule has 2 aromatic heterocycles. The van der Waals surface area contributed by atoms with E-state index in [-0.39, 0.29) is 0 Å². The lowest BCUT2D eigenvalue weighted by Gasteiger charge is -2.15. The molecule has 4 nitrogen and oxygen atoms in total. The van der Waals surface area contributed by atoms with Crippen LogP contribution in [0.5, 0.6) is 5.88 Å². The van der Waals surface area contributed by atoms with E-state index in [1.807, 2.05) is 24.4 Å². The lowest BCUT2D eigenvalue weighted by Crippen LogP contribution is -2.21. The highest BCUT2D eigenvalue weighted by Gasteiger charge is 2.23. The molecule has 4 heteroatoms. The Bertz CT molecular complexity index is 573. The smallest absolute Gasteiger partial charge is 0.213 e. The monoisotopic (exact) mass is 283 g/mol. The molecule has 1 aliphatic rings. The third-order valence-electron chi connectivity index (χ3n) is 3.97. The average Bonchev–Trinajstić information content (AvgIpc) is 2.95. The highest BCUT2D eigenvalue weighted by molar-refractivity contribution is 5.15. The first-order valence-electron chi connectivity index (χ1n) is 7.45. The van der Waals surface area contributed by atoms with Crippen LogP contribution in [0.2, 0.25) is 0 Å².